The Hall–Kier alpha value is -1.13. The van der Waals surface area contributed by atoms with Crippen molar-refractivity contribution in [3.05, 3.63) is 29.8 Å². The first-order chi connectivity index (χ1) is 9.04. The van der Waals surface area contributed by atoms with Crippen molar-refractivity contribution in [2.24, 2.45) is 0 Å². The Morgan fingerprint density at radius 2 is 2.21 bits per heavy atom. The van der Waals surface area contributed by atoms with E-state index >= 15 is 0 Å². The summed E-state index contributed by atoms with van der Waals surface area (Å²) >= 11 is 6.16. The van der Waals surface area contributed by atoms with Gasteiger partial charge in [0.2, 0.25) is 0 Å². The largest absolute Gasteiger partial charge is 0.325 e. The lowest BCUT2D eigenvalue weighted by Crippen LogP contribution is -2.23. The quantitative estimate of drug-likeness (QED) is 0.784. The minimum atomic E-state index is -0.293. The van der Waals surface area contributed by atoms with Crippen LogP contribution in [0, 0.1) is 5.82 Å². The number of halogens is 2. The Morgan fingerprint density at radius 3 is 2.84 bits per heavy atom. The molecule has 0 aliphatic heterocycles. The van der Waals surface area contributed by atoms with E-state index in [1.165, 1.54) is 6.07 Å². The number of likely N-dealkylation sites (N-methyl/N-ethyl adjacent to an activating group) is 1. The highest BCUT2D eigenvalue weighted by Gasteiger charge is 2.17. The molecule has 2 aromatic rings. The second kappa shape index (κ2) is 5.88. The van der Waals surface area contributed by atoms with Crippen molar-refractivity contribution in [1.82, 2.24) is 14.5 Å². The molecule has 2 rings (SSSR count). The van der Waals surface area contributed by atoms with E-state index in [2.05, 4.69) is 23.9 Å². The molecule has 3 nitrogen and oxygen atoms in total. The number of imidazole rings is 1. The zero-order chi connectivity index (χ0) is 14.0. The van der Waals surface area contributed by atoms with Crippen LogP contribution in [0.2, 0.25) is 0 Å². The van der Waals surface area contributed by atoms with Crippen molar-refractivity contribution in [2.75, 3.05) is 20.1 Å². The SMILES string of the molecule is CCN(C)CCn1c(C(C)Cl)nc2c(F)cccc21. The third kappa shape index (κ3) is 2.90. The number of nitrogens with zero attached hydrogens (tertiary/aromatic N) is 3. The fourth-order valence-corrected chi connectivity index (χ4v) is 2.26. The Kier molecular flexibility index (Phi) is 4.42. The van der Waals surface area contributed by atoms with Crippen LogP contribution >= 0.6 is 11.6 Å². The lowest BCUT2D eigenvalue weighted by Gasteiger charge is -2.16. The van der Waals surface area contributed by atoms with Crippen LogP contribution < -0.4 is 0 Å². The molecule has 0 aliphatic rings. The van der Waals surface area contributed by atoms with Gasteiger partial charge in [0.1, 0.15) is 11.3 Å². The first kappa shape index (κ1) is 14.3. The summed E-state index contributed by atoms with van der Waals surface area (Å²) in [6.07, 6.45) is 0. The summed E-state index contributed by atoms with van der Waals surface area (Å²) in [5, 5.41) is -0.237. The molecular weight excluding hydrogens is 265 g/mol. The van der Waals surface area contributed by atoms with Gasteiger partial charge in [-0.25, -0.2) is 9.37 Å². The van der Waals surface area contributed by atoms with Crippen molar-refractivity contribution >= 4 is 22.6 Å². The molecule has 19 heavy (non-hydrogen) atoms. The van der Waals surface area contributed by atoms with E-state index in [0.717, 1.165) is 31.0 Å². The Bertz CT molecular complexity index is 565. The summed E-state index contributed by atoms with van der Waals surface area (Å²) < 4.78 is 15.8. The summed E-state index contributed by atoms with van der Waals surface area (Å²) in [6.45, 7) is 6.59. The van der Waals surface area contributed by atoms with Crippen LogP contribution in [0.15, 0.2) is 18.2 Å². The first-order valence-corrected chi connectivity index (χ1v) is 6.95. The van der Waals surface area contributed by atoms with E-state index in [1.807, 2.05) is 17.6 Å². The molecule has 1 aromatic heterocycles. The molecular formula is C14H19ClFN3. The molecule has 0 fully saturated rings. The van der Waals surface area contributed by atoms with E-state index in [4.69, 9.17) is 11.6 Å². The second-order valence-corrected chi connectivity index (χ2v) is 5.40. The van der Waals surface area contributed by atoms with Crippen LogP contribution in [-0.4, -0.2) is 34.6 Å². The van der Waals surface area contributed by atoms with Gasteiger partial charge in [-0.2, -0.15) is 0 Å². The monoisotopic (exact) mass is 283 g/mol. The molecule has 0 saturated carbocycles. The summed E-state index contributed by atoms with van der Waals surface area (Å²) in [7, 11) is 2.06. The molecule has 0 N–H and O–H groups in total. The van der Waals surface area contributed by atoms with Crippen LogP contribution in [0.25, 0.3) is 11.0 Å². The molecule has 104 valence electrons. The van der Waals surface area contributed by atoms with Gasteiger partial charge in [-0.3, -0.25) is 0 Å². The fraction of sp³-hybridized carbons (Fsp3) is 0.500. The molecule has 0 aliphatic carbocycles. The van der Waals surface area contributed by atoms with Gasteiger partial charge in [0.25, 0.3) is 0 Å². The topological polar surface area (TPSA) is 21.1 Å². The Morgan fingerprint density at radius 1 is 1.47 bits per heavy atom. The summed E-state index contributed by atoms with van der Waals surface area (Å²) in [5.74, 6) is 0.435. The van der Waals surface area contributed by atoms with Crippen molar-refractivity contribution in [2.45, 2.75) is 25.8 Å². The smallest absolute Gasteiger partial charge is 0.151 e. The predicted molar refractivity (Wildman–Crippen MR) is 77.1 cm³/mol. The normalized spacial score (nSPS) is 13.4. The molecule has 5 heteroatoms. The number of hydrogen-bond donors (Lipinski definition) is 0. The highest BCUT2D eigenvalue weighted by molar-refractivity contribution is 6.20. The maximum Gasteiger partial charge on any atom is 0.151 e. The van der Waals surface area contributed by atoms with Crippen molar-refractivity contribution in [3.63, 3.8) is 0 Å². The van der Waals surface area contributed by atoms with Crippen molar-refractivity contribution in [1.29, 1.82) is 0 Å². The van der Waals surface area contributed by atoms with Crippen molar-refractivity contribution < 1.29 is 4.39 Å². The lowest BCUT2D eigenvalue weighted by molar-refractivity contribution is 0.335. The first-order valence-electron chi connectivity index (χ1n) is 6.51. The molecule has 0 bridgehead atoms. The van der Waals surface area contributed by atoms with Gasteiger partial charge < -0.3 is 9.47 Å². The minimum Gasteiger partial charge on any atom is -0.325 e. The fourth-order valence-electron chi connectivity index (χ4n) is 2.10. The summed E-state index contributed by atoms with van der Waals surface area (Å²) in [5.41, 5.74) is 1.22. The number of alkyl halides is 1. The van der Waals surface area contributed by atoms with E-state index < -0.39 is 0 Å². The standard InChI is InChI=1S/C14H19ClFN3/c1-4-18(3)8-9-19-12-7-5-6-11(16)13(12)17-14(19)10(2)15/h5-7,10H,4,8-9H2,1-3H3. The summed E-state index contributed by atoms with van der Waals surface area (Å²) in [6, 6.07) is 5.03. The van der Waals surface area contributed by atoms with Crippen LogP contribution in [0.3, 0.4) is 0 Å². The molecule has 0 saturated heterocycles. The Labute approximate surface area is 118 Å². The van der Waals surface area contributed by atoms with Gasteiger partial charge in [0, 0.05) is 13.1 Å². The number of fused-ring (bicyclic) bond motifs is 1. The average Bonchev–Trinajstić information content (AvgIpc) is 2.76. The molecule has 1 unspecified atom stereocenters. The maximum atomic E-state index is 13.8. The number of hydrogen-bond acceptors (Lipinski definition) is 2. The van der Waals surface area contributed by atoms with Gasteiger partial charge in [-0.15, -0.1) is 11.6 Å². The number of para-hydroxylation sites is 1. The molecule has 0 spiro atoms. The van der Waals surface area contributed by atoms with E-state index in [0.29, 0.717) is 5.52 Å². The Balaban J connectivity index is 2.44. The van der Waals surface area contributed by atoms with Crippen molar-refractivity contribution in [3.8, 4) is 0 Å². The second-order valence-electron chi connectivity index (χ2n) is 4.74. The molecule has 1 aromatic carbocycles. The molecule has 0 amide bonds. The molecule has 1 atom stereocenters. The number of rotatable bonds is 5. The minimum absolute atomic E-state index is 0.237. The number of benzene rings is 1. The zero-order valence-corrected chi connectivity index (χ0v) is 12.3. The van der Waals surface area contributed by atoms with Gasteiger partial charge in [-0.05, 0) is 32.6 Å². The van der Waals surface area contributed by atoms with Gasteiger partial charge in [0.15, 0.2) is 5.82 Å². The van der Waals surface area contributed by atoms with Gasteiger partial charge in [-0.1, -0.05) is 13.0 Å². The predicted octanol–water partition coefficient (Wildman–Crippen LogP) is 3.43. The van der Waals surface area contributed by atoms with Crippen LogP contribution in [0.1, 0.15) is 25.0 Å². The molecule has 0 radical (unpaired) electrons. The van der Waals surface area contributed by atoms with E-state index in [1.54, 1.807) is 6.07 Å². The zero-order valence-electron chi connectivity index (χ0n) is 11.5. The third-order valence-corrected chi connectivity index (χ3v) is 3.56. The van der Waals surface area contributed by atoms with Crippen LogP contribution in [0.4, 0.5) is 4.39 Å². The highest BCUT2D eigenvalue weighted by atomic mass is 35.5. The maximum absolute atomic E-state index is 13.8. The number of aromatic nitrogens is 2. The molecule has 1 heterocycles. The van der Waals surface area contributed by atoms with Crippen LogP contribution in [-0.2, 0) is 6.54 Å². The third-order valence-electron chi connectivity index (χ3n) is 3.36. The summed E-state index contributed by atoms with van der Waals surface area (Å²) in [4.78, 5) is 6.56. The van der Waals surface area contributed by atoms with Crippen LogP contribution in [0.5, 0.6) is 0 Å². The average molecular weight is 284 g/mol. The van der Waals surface area contributed by atoms with Gasteiger partial charge in [0.05, 0.1) is 10.9 Å². The lowest BCUT2D eigenvalue weighted by atomic mass is 10.3. The highest BCUT2D eigenvalue weighted by Crippen LogP contribution is 2.25. The van der Waals surface area contributed by atoms with Gasteiger partial charge >= 0.3 is 0 Å². The van der Waals surface area contributed by atoms with E-state index in [-0.39, 0.29) is 11.2 Å². The van der Waals surface area contributed by atoms with E-state index in [9.17, 15) is 4.39 Å².